The van der Waals surface area contributed by atoms with Crippen molar-refractivity contribution in [2.24, 2.45) is 0 Å². The lowest BCUT2D eigenvalue weighted by molar-refractivity contribution is -0.116. The molecule has 2 aromatic rings. The van der Waals surface area contributed by atoms with Crippen LogP contribution < -0.4 is 4.90 Å². The Bertz CT molecular complexity index is 857. The van der Waals surface area contributed by atoms with Crippen LogP contribution in [-0.4, -0.2) is 30.3 Å². The molecule has 24 heavy (non-hydrogen) atoms. The number of hydrogen-bond acceptors (Lipinski definition) is 2. The summed E-state index contributed by atoms with van der Waals surface area (Å²) < 4.78 is 0. The first-order valence-electron chi connectivity index (χ1n) is 8.34. The lowest BCUT2D eigenvalue weighted by Gasteiger charge is -2.29. The molecule has 4 nitrogen and oxygen atoms in total. The smallest absolute Gasteiger partial charge is 0.254 e. The number of nitrogens with zero attached hydrogens (tertiary/aromatic N) is 2. The zero-order chi connectivity index (χ0) is 16.8. The molecule has 2 aliphatic heterocycles. The molecule has 2 aromatic carbocycles. The molecule has 0 atom stereocenters. The summed E-state index contributed by atoms with van der Waals surface area (Å²) in [6.07, 6.45) is 2.00. The normalized spacial score (nSPS) is 16.2. The molecule has 4 heteroatoms. The van der Waals surface area contributed by atoms with Gasteiger partial charge in [0.2, 0.25) is 5.91 Å². The van der Waals surface area contributed by atoms with Crippen LogP contribution in [0.4, 0.5) is 5.69 Å². The molecule has 0 saturated carbocycles. The molecular formula is C20H20N2O2. The predicted molar refractivity (Wildman–Crippen MR) is 94.0 cm³/mol. The lowest BCUT2D eigenvalue weighted by atomic mass is 9.94. The Morgan fingerprint density at radius 1 is 1.04 bits per heavy atom. The average Bonchev–Trinajstić information content (AvgIpc) is 2.87. The maximum Gasteiger partial charge on any atom is 0.254 e. The monoisotopic (exact) mass is 320 g/mol. The van der Waals surface area contributed by atoms with E-state index in [0.717, 1.165) is 47.3 Å². The number of carbonyl (C=O) groups excluding carboxylic acids is 2. The van der Waals surface area contributed by atoms with Gasteiger partial charge < -0.3 is 9.80 Å². The van der Waals surface area contributed by atoms with Crippen molar-refractivity contribution in [3.8, 4) is 11.1 Å². The van der Waals surface area contributed by atoms with E-state index < -0.39 is 0 Å². The molecule has 0 saturated heterocycles. The van der Waals surface area contributed by atoms with Crippen LogP contribution in [0.1, 0.15) is 34.8 Å². The molecule has 0 spiro atoms. The number of rotatable bonds is 1. The Morgan fingerprint density at radius 3 is 2.50 bits per heavy atom. The maximum absolute atomic E-state index is 12.0. The Morgan fingerprint density at radius 2 is 1.75 bits per heavy atom. The van der Waals surface area contributed by atoms with Crippen LogP contribution in [0.3, 0.4) is 0 Å². The van der Waals surface area contributed by atoms with Gasteiger partial charge in [0.05, 0.1) is 0 Å². The molecule has 2 heterocycles. The summed E-state index contributed by atoms with van der Waals surface area (Å²) >= 11 is 0. The minimum absolute atomic E-state index is 0.0964. The second-order valence-corrected chi connectivity index (χ2v) is 6.65. The van der Waals surface area contributed by atoms with E-state index >= 15 is 0 Å². The summed E-state index contributed by atoms with van der Waals surface area (Å²) in [5.74, 6) is 0.196. The third-order valence-electron chi connectivity index (χ3n) is 5.00. The molecule has 2 amide bonds. The van der Waals surface area contributed by atoms with Gasteiger partial charge in [-0.2, -0.15) is 0 Å². The standard InChI is InChI=1S/C20H20N2O2/c1-13(23)22-9-3-4-16-10-15(6-8-19(16)22)14-5-7-18-17(11-14)12-21(2)20(18)24/h5-8,10-11H,3-4,9,12H2,1-2H3. The largest absolute Gasteiger partial charge is 0.337 e. The van der Waals surface area contributed by atoms with Crippen LogP contribution in [0, 0.1) is 0 Å². The van der Waals surface area contributed by atoms with Crippen LogP contribution in [0.25, 0.3) is 11.1 Å². The highest BCUT2D eigenvalue weighted by molar-refractivity contribution is 5.99. The number of anilines is 1. The van der Waals surface area contributed by atoms with Crippen LogP contribution in [0.5, 0.6) is 0 Å². The zero-order valence-electron chi connectivity index (χ0n) is 14.0. The van der Waals surface area contributed by atoms with Gasteiger partial charge in [-0.05, 0) is 59.4 Å². The summed E-state index contributed by atoms with van der Waals surface area (Å²) in [6.45, 7) is 3.09. The molecule has 122 valence electrons. The first-order chi connectivity index (χ1) is 11.5. The second kappa shape index (κ2) is 5.48. The SMILES string of the molecule is CC(=O)N1CCCc2cc(-c3ccc4c(c3)CN(C)C4=O)ccc21. The van der Waals surface area contributed by atoms with E-state index in [1.807, 2.05) is 24.1 Å². The fraction of sp³-hybridized carbons (Fsp3) is 0.300. The van der Waals surface area contributed by atoms with Crippen molar-refractivity contribution >= 4 is 17.5 Å². The number of hydrogen-bond donors (Lipinski definition) is 0. The Labute approximate surface area is 141 Å². The van der Waals surface area contributed by atoms with E-state index in [0.29, 0.717) is 6.54 Å². The van der Waals surface area contributed by atoms with E-state index in [4.69, 9.17) is 0 Å². The topological polar surface area (TPSA) is 40.6 Å². The Hall–Kier alpha value is -2.62. The van der Waals surface area contributed by atoms with Crippen LogP contribution in [-0.2, 0) is 17.8 Å². The average molecular weight is 320 g/mol. The van der Waals surface area contributed by atoms with E-state index in [2.05, 4.69) is 24.3 Å². The van der Waals surface area contributed by atoms with Crippen molar-refractivity contribution in [2.45, 2.75) is 26.3 Å². The molecule has 4 rings (SSSR count). The molecule has 0 N–H and O–H groups in total. The first-order valence-corrected chi connectivity index (χ1v) is 8.34. The minimum Gasteiger partial charge on any atom is -0.337 e. The number of carbonyl (C=O) groups is 2. The number of fused-ring (bicyclic) bond motifs is 2. The molecule has 0 radical (unpaired) electrons. The predicted octanol–water partition coefficient (Wildman–Crippen LogP) is 3.24. The number of benzene rings is 2. The molecular weight excluding hydrogens is 300 g/mol. The van der Waals surface area contributed by atoms with Crippen molar-refractivity contribution < 1.29 is 9.59 Å². The van der Waals surface area contributed by atoms with Gasteiger partial charge in [0.25, 0.3) is 5.91 Å². The summed E-state index contributed by atoms with van der Waals surface area (Å²) in [6, 6.07) is 12.4. The van der Waals surface area contributed by atoms with Crippen LogP contribution in [0.15, 0.2) is 36.4 Å². The van der Waals surface area contributed by atoms with Crippen LogP contribution in [0.2, 0.25) is 0 Å². The van der Waals surface area contributed by atoms with E-state index in [1.165, 1.54) is 5.56 Å². The third-order valence-corrected chi connectivity index (χ3v) is 5.00. The van der Waals surface area contributed by atoms with Gasteiger partial charge in [0, 0.05) is 38.3 Å². The first kappa shape index (κ1) is 14.9. The molecule has 0 bridgehead atoms. The van der Waals surface area contributed by atoms with Gasteiger partial charge in [0.1, 0.15) is 0 Å². The third kappa shape index (κ3) is 2.30. The van der Waals surface area contributed by atoms with E-state index in [9.17, 15) is 9.59 Å². The lowest BCUT2D eigenvalue weighted by Crippen LogP contribution is -2.33. The zero-order valence-corrected chi connectivity index (χ0v) is 14.0. The molecule has 2 aliphatic rings. The van der Waals surface area contributed by atoms with Gasteiger partial charge in [-0.1, -0.05) is 12.1 Å². The van der Waals surface area contributed by atoms with Gasteiger partial charge in [-0.15, -0.1) is 0 Å². The fourth-order valence-electron chi connectivity index (χ4n) is 3.75. The molecule has 0 aromatic heterocycles. The summed E-state index contributed by atoms with van der Waals surface area (Å²) in [5, 5.41) is 0. The highest BCUT2D eigenvalue weighted by Gasteiger charge is 2.25. The van der Waals surface area contributed by atoms with Gasteiger partial charge in [0.15, 0.2) is 0 Å². The maximum atomic E-state index is 12.0. The quantitative estimate of drug-likeness (QED) is 0.809. The number of amides is 2. The van der Waals surface area contributed by atoms with Gasteiger partial charge in [-0.3, -0.25) is 9.59 Å². The van der Waals surface area contributed by atoms with Crippen molar-refractivity contribution in [2.75, 3.05) is 18.5 Å². The molecule has 0 unspecified atom stereocenters. The van der Waals surface area contributed by atoms with Crippen molar-refractivity contribution in [3.63, 3.8) is 0 Å². The highest BCUT2D eigenvalue weighted by atomic mass is 16.2. The Balaban J connectivity index is 1.73. The highest BCUT2D eigenvalue weighted by Crippen LogP contribution is 2.33. The molecule has 0 aliphatic carbocycles. The van der Waals surface area contributed by atoms with Crippen LogP contribution >= 0.6 is 0 Å². The van der Waals surface area contributed by atoms with Crippen molar-refractivity contribution in [3.05, 3.63) is 53.1 Å². The van der Waals surface area contributed by atoms with Gasteiger partial charge >= 0.3 is 0 Å². The second-order valence-electron chi connectivity index (χ2n) is 6.65. The number of aryl methyl sites for hydroxylation is 1. The van der Waals surface area contributed by atoms with Gasteiger partial charge in [-0.25, -0.2) is 0 Å². The summed E-state index contributed by atoms with van der Waals surface area (Å²) in [5.41, 5.74) is 6.42. The summed E-state index contributed by atoms with van der Waals surface area (Å²) in [4.78, 5) is 27.4. The minimum atomic E-state index is 0.0964. The fourth-order valence-corrected chi connectivity index (χ4v) is 3.75. The summed E-state index contributed by atoms with van der Waals surface area (Å²) in [7, 11) is 1.83. The van der Waals surface area contributed by atoms with Crippen molar-refractivity contribution in [1.29, 1.82) is 0 Å². The van der Waals surface area contributed by atoms with E-state index in [1.54, 1.807) is 11.8 Å². The molecule has 0 fully saturated rings. The van der Waals surface area contributed by atoms with E-state index in [-0.39, 0.29) is 11.8 Å². The van der Waals surface area contributed by atoms with Crippen molar-refractivity contribution in [1.82, 2.24) is 4.90 Å². The Kier molecular flexibility index (Phi) is 3.41.